The summed E-state index contributed by atoms with van der Waals surface area (Å²) >= 11 is 0. The number of piperidine rings is 1. The van der Waals surface area contributed by atoms with Gasteiger partial charge in [0.2, 0.25) is 5.91 Å². The van der Waals surface area contributed by atoms with Crippen LogP contribution in [-0.2, 0) is 4.79 Å². The molecule has 1 heterocycles. The summed E-state index contributed by atoms with van der Waals surface area (Å²) in [6.07, 6.45) is 2.38. The highest BCUT2D eigenvalue weighted by Crippen LogP contribution is 2.08. The molecule has 1 amide bonds. The van der Waals surface area contributed by atoms with Crippen LogP contribution in [0.1, 0.15) is 12.8 Å². The molecule has 1 saturated heterocycles. The lowest BCUT2D eigenvalue weighted by atomic mass is 10.1. The van der Waals surface area contributed by atoms with Crippen LogP contribution in [-0.4, -0.2) is 11.7 Å². The Kier molecular flexibility index (Phi) is 1.71. The van der Waals surface area contributed by atoms with E-state index in [1.54, 1.807) is 0 Å². The predicted octanol–water partition coefficient (Wildman–Crippen LogP) is -0.284. The first-order chi connectivity index (χ1) is 4.74. The topological polar surface area (TPSA) is 79.0 Å². The maximum absolute atomic E-state index is 10.6. The van der Waals surface area contributed by atoms with Gasteiger partial charge in [0.15, 0.2) is 0 Å². The van der Waals surface area contributed by atoms with Crippen LogP contribution in [0.2, 0.25) is 0 Å². The fraction of sp³-hybridized carbons (Fsp3) is 0.333. The van der Waals surface area contributed by atoms with Gasteiger partial charge < -0.3 is 11.1 Å². The number of carbonyl (C=O) groups is 1. The Morgan fingerprint density at radius 1 is 1.60 bits per heavy atom. The highest BCUT2D eigenvalue weighted by atomic mass is 16.1. The Morgan fingerprint density at radius 2 is 2.30 bits per heavy atom. The van der Waals surface area contributed by atoms with Crippen LogP contribution < -0.4 is 11.1 Å². The first-order valence-corrected chi connectivity index (χ1v) is 3.03. The summed E-state index contributed by atoms with van der Waals surface area (Å²) in [4.78, 5) is 10.6. The zero-order valence-electron chi connectivity index (χ0n) is 5.48. The summed E-state index contributed by atoms with van der Waals surface area (Å²) in [7, 11) is 0. The molecule has 1 aliphatic rings. The summed E-state index contributed by atoms with van der Waals surface area (Å²) < 4.78 is 0. The second-order valence-electron chi connectivity index (χ2n) is 2.12. The quantitative estimate of drug-likeness (QED) is 0.431. The Morgan fingerprint density at radius 3 is 2.80 bits per heavy atom. The van der Waals surface area contributed by atoms with E-state index in [1.165, 1.54) is 6.20 Å². The Balaban J connectivity index is 2.69. The highest BCUT2D eigenvalue weighted by molar-refractivity contribution is 6.08. The van der Waals surface area contributed by atoms with Crippen molar-refractivity contribution in [1.82, 2.24) is 5.32 Å². The lowest BCUT2D eigenvalue weighted by Gasteiger charge is -2.14. The number of rotatable bonds is 0. The molecule has 0 atom stereocenters. The summed E-state index contributed by atoms with van der Waals surface area (Å²) in [5, 5.41) is 9.57. The average Bonchev–Trinajstić information content (AvgIpc) is 1.88. The van der Waals surface area contributed by atoms with Crippen molar-refractivity contribution in [2.24, 2.45) is 5.73 Å². The van der Waals surface area contributed by atoms with Crippen molar-refractivity contribution in [1.29, 1.82) is 5.41 Å². The molecule has 1 aliphatic heterocycles. The van der Waals surface area contributed by atoms with Crippen molar-refractivity contribution >= 4 is 11.7 Å². The number of nitrogens with one attached hydrogen (secondary N) is 2. The van der Waals surface area contributed by atoms with Gasteiger partial charge in [-0.1, -0.05) is 0 Å². The number of carbonyl (C=O) groups excluding carboxylic acids is 1. The number of nitrogens with two attached hydrogens (primary N) is 1. The molecule has 0 unspecified atom stereocenters. The molecule has 4 N–H and O–H groups in total. The van der Waals surface area contributed by atoms with Crippen LogP contribution in [0.4, 0.5) is 0 Å². The molecule has 0 aromatic heterocycles. The van der Waals surface area contributed by atoms with E-state index in [9.17, 15) is 4.79 Å². The van der Waals surface area contributed by atoms with E-state index < -0.39 is 0 Å². The molecule has 0 spiro atoms. The number of amidine groups is 1. The van der Waals surface area contributed by atoms with Gasteiger partial charge in [0.25, 0.3) is 0 Å². The lowest BCUT2D eigenvalue weighted by molar-refractivity contribution is -0.119. The van der Waals surface area contributed by atoms with Crippen molar-refractivity contribution in [3.63, 3.8) is 0 Å². The largest absolute Gasteiger partial charge is 0.404 e. The minimum atomic E-state index is -0.101. The van der Waals surface area contributed by atoms with E-state index >= 15 is 0 Å². The van der Waals surface area contributed by atoms with Crippen LogP contribution >= 0.6 is 0 Å². The van der Waals surface area contributed by atoms with Gasteiger partial charge in [-0.05, 0) is 6.42 Å². The Hall–Kier alpha value is -1.32. The Bertz CT molecular complexity index is 207. The SMILES string of the molecule is N=C1NC(=O)CC/C1=C/N. The zero-order chi connectivity index (χ0) is 7.56. The molecule has 4 heteroatoms. The van der Waals surface area contributed by atoms with Gasteiger partial charge in [-0.25, -0.2) is 0 Å². The summed E-state index contributed by atoms with van der Waals surface area (Å²) in [5.41, 5.74) is 5.89. The highest BCUT2D eigenvalue weighted by Gasteiger charge is 2.15. The normalized spacial score (nSPS) is 23.0. The number of hydrogen-bond donors (Lipinski definition) is 3. The first kappa shape index (κ1) is 6.80. The third kappa shape index (κ3) is 1.15. The maximum atomic E-state index is 10.6. The van der Waals surface area contributed by atoms with Crippen molar-refractivity contribution in [2.45, 2.75) is 12.8 Å². The monoisotopic (exact) mass is 139 g/mol. The predicted molar refractivity (Wildman–Crippen MR) is 37.4 cm³/mol. The van der Waals surface area contributed by atoms with Crippen LogP contribution in [0.25, 0.3) is 0 Å². The van der Waals surface area contributed by atoms with Crippen molar-refractivity contribution in [3.05, 3.63) is 11.8 Å². The van der Waals surface area contributed by atoms with Crippen molar-refractivity contribution in [3.8, 4) is 0 Å². The van der Waals surface area contributed by atoms with E-state index in [1.807, 2.05) is 0 Å². The molecule has 0 bridgehead atoms. The molecule has 0 aromatic rings. The third-order valence-corrected chi connectivity index (χ3v) is 1.41. The average molecular weight is 139 g/mol. The first-order valence-electron chi connectivity index (χ1n) is 3.03. The second-order valence-corrected chi connectivity index (χ2v) is 2.12. The summed E-state index contributed by atoms with van der Waals surface area (Å²) in [6, 6.07) is 0. The minimum absolute atomic E-state index is 0.101. The van der Waals surface area contributed by atoms with E-state index in [0.717, 1.165) is 0 Å². The third-order valence-electron chi connectivity index (χ3n) is 1.41. The van der Waals surface area contributed by atoms with Gasteiger partial charge in [-0.15, -0.1) is 0 Å². The van der Waals surface area contributed by atoms with Crippen LogP contribution in [0, 0.1) is 5.41 Å². The van der Waals surface area contributed by atoms with Crippen molar-refractivity contribution in [2.75, 3.05) is 0 Å². The molecular weight excluding hydrogens is 130 g/mol. The van der Waals surface area contributed by atoms with E-state index in [4.69, 9.17) is 11.1 Å². The second kappa shape index (κ2) is 2.51. The standard InChI is InChI=1S/C6H9N3O/c7-3-4-1-2-5(10)9-6(4)8/h3H,1-2,7H2,(H2,8,9,10)/b4-3-. The molecule has 0 radical (unpaired) electrons. The fourth-order valence-electron chi connectivity index (χ4n) is 0.822. The summed E-state index contributed by atoms with van der Waals surface area (Å²) in [5.74, 6) is 0.0364. The van der Waals surface area contributed by atoms with Gasteiger partial charge >= 0.3 is 0 Å². The molecular formula is C6H9N3O. The van der Waals surface area contributed by atoms with Crippen LogP contribution in [0.3, 0.4) is 0 Å². The smallest absolute Gasteiger partial charge is 0.225 e. The maximum Gasteiger partial charge on any atom is 0.225 e. The van der Waals surface area contributed by atoms with Gasteiger partial charge in [0, 0.05) is 18.2 Å². The molecule has 1 rings (SSSR count). The molecule has 1 fully saturated rings. The molecule has 0 saturated carbocycles. The molecule has 0 aliphatic carbocycles. The molecule has 0 aromatic carbocycles. The van der Waals surface area contributed by atoms with Gasteiger partial charge in [-0.3, -0.25) is 10.2 Å². The lowest BCUT2D eigenvalue weighted by Crippen LogP contribution is -2.35. The minimum Gasteiger partial charge on any atom is -0.404 e. The Labute approximate surface area is 58.6 Å². The fourth-order valence-corrected chi connectivity index (χ4v) is 0.822. The number of hydrogen-bond acceptors (Lipinski definition) is 3. The van der Waals surface area contributed by atoms with Gasteiger partial charge in [0.05, 0.1) is 0 Å². The van der Waals surface area contributed by atoms with E-state index in [0.29, 0.717) is 18.4 Å². The molecule has 10 heavy (non-hydrogen) atoms. The van der Waals surface area contributed by atoms with Gasteiger partial charge in [0.1, 0.15) is 5.84 Å². The summed E-state index contributed by atoms with van der Waals surface area (Å²) in [6.45, 7) is 0. The zero-order valence-corrected chi connectivity index (χ0v) is 5.48. The molecule has 54 valence electrons. The van der Waals surface area contributed by atoms with E-state index in [-0.39, 0.29) is 11.7 Å². The van der Waals surface area contributed by atoms with Crippen LogP contribution in [0.5, 0.6) is 0 Å². The number of amides is 1. The van der Waals surface area contributed by atoms with E-state index in [2.05, 4.69) is 5.32 Å². The van der Waals surface area contributed by atoms with Crippen LogP contribution in [0.15, 0.2) is 11.8 Å². The molecule has 4 nitrogen and oxygen atoms in total. The van der Waals surface area contributed by atoms with Gasteiger partial charge in [-0.2, -0.15) is 0 Å². The van der Waals surface area contributed by atoms with Crippen molar-refractivity contribution < 1.29 is 4.79 Å².